The van der Waals surface area contributed by atoms with Crippen LogP contribution in [0, 0.1) is 5.92 Å². The predicted molar refractivity (Wildman–Crippen MR) is 77.9 cm³/mol. The van der Waals surface area contributed by atoms with Gasteiger partial charge in [-0.15, -0.1) is 11.3 Å². The van der Waals surface area contributed by atoms with Crippen LogP contribution in [-0.2, 0) is 4.79 Å². The maximum Gasteiger partial charge on any atom is 0.241 e. The Balaban J connectivity index is 2.06. The van der Waals surface area contributed by atoms with E-state index in [2.05, 4.69) is 19.2 Å². The summed E-state index contributed by atoms with van der Waals surface area (Å²) in [5.74, 6) is 0.309. The molecule has 2 rings (SSSR count). The average molecular weight is 262 g/mol. The Bertz CT molecular complexity index is 547. The lowest BCUT2D eigenvalue weighted by Gasteiger charge is -2.14. The van der Waals surface area contributed by atoms with Crippen molar-refractivity contribution in [1.29, 1.82) is 0 Å². The highest BCUT2D eigenvalue weighted by Crippen LogP contribution is 2.24. The molecule has 0 saturated carbocycles. The molecule has 0 unspecified atom stereocenters. The number of anilines is 1. The third kappa shape index (κ3) is 3.09. The molecule has 2 aromatic rings. The maximum atomic E-state index is 11.9. The lowest BCUT2D eigenvalue weighted by atomic mass is 10.0. The largest absolute Gasteiger partial charge is 0.325 e. The van der Waals surface area contributed by atoms with E-state index in [1.54, 1.807) is 11.3 Å². The van der Waals surface area contributed by atoms with Crippen LogP contribution in [0.25, 0.3) is 10.1 Å². The Morgan fingerprint density at radius 2 is 2.17 bits per heavy atom. The van der Waals surface area contributed by atoms with E-state index in [4.69, 9.17) is 5.73 Å². The van der Waals surface area contributed by atoms with Crippen molar-refractivity contribution in [3.63, 3.8) is 0 Å². The van der Waals surface area contributed by atoms with E-state index in [1.165, 1.54) is 4.70 Å². The van der Waals surface area contributed by atoms with Gasteiger partial charge in [-0.25, -0.2) is 0 Å². The molecule has 1 aromatic carbocycles. The van der Waals surface area contributed by atoms with E-state index in [0.717, 1.165) is 11.1 Å². The van der Waals surface area contributed by atoms with Crippen LogP contribution in [0.3, 0.4) is 0 Å². The number of amides is 1. The van der Waals surface area contributed by atoms with Crippen molar-refractivity contribution < 1.29 is 4.79 Å². The molecule has 1 amide bonds. The quantitative estimate of drug-likeness (QED) is 0.889. The normalized spacial score (nSPS) is 12.9. The zero-order valence-corrected chi connectivity index (χ0v) is 11.5. The van der Waals surface area contributed by atoms with Gasteiger partial charge in [-0.05, 0) is 47.4 Å². The van der Waals surface area contributed by atoms with E-state index in [1.807, 2.05) is 29.6 Å². The molecule has 96 valence electrons. The smallest absolute Gasteiger partial charge is 0.241 e. The Morgan fingerprint density at radius 3 is 2.89 bits per heavy atom. The van der Waals surface area contributed by atoms with Crippen LogP contribution in [-0.4, -0.2) is 11.9 Å². The summed E-state index contributed by atoms with van der Waals surface area (Å²) in [7, 11) is 0. The highest BCUT2D eigenvalue weighted by molar-refractivity contribution is 7.17. The van der Waals surface area contributed by atoms with Crippen molar-refractivity contribution in [2.45, 2.75) is 26.3 Å². The van der Waals surface area contributed by atoms with Gasteiger partial charge in [0.1, 0.15) is 0 Å². The van der Waals surface area contributed by atoms with Gasteiger partial charge in [-0.1, -0.05) is 13.8 Å². The van der Waals surface area contributed by atoms with Crippen molar-refractivity contribution in [3.8, 4) is 0 Å². The second-order valence-corrected chi connectivity index (χ2v) is 5.85. The van der Waals surface area contributed by atoms with Crippen LogP contribution in [0.2, 0.25) is 0 Å². The second kappa shape index (κ2) is 5.50. The van der Waals surface area contributed by atoms with Gasteiger partial charge in [0.25, 0.3) is 0 Å². The fourth-order valence-electron chi connectivity index (χ4n) is 1.89. The lowest BCUT2D eigenvalue weighted by Crippen LogP contribution is -2.36. The first kappa shape index (κ1) is 13.1. The highest BCUT2D eigenvalue weighted by Gasteiger charge is 2.15. The van der Waals surface area contributed by atoms with Crippen molar-refractivity contribution in [2.75, 3.05) is 5.32 Å². The molecule has 0 fully saturated rings. The summed E-state index contributed by atoms with van der Waals surface area (Å²) in [5.41, 5.74) is 6.66. The van der Waals surface area contributed by atoms with Gasteiger partial charge in [0.2, 0.25) is 5.91 Å². The van der Waals surface area contributed by atoms with E-state index in [-0.39, 0.29) is 5.91 Å². The second-order valence-electron chi connectivity index (χ2n) is 4.90. The number of benzene rings is 1. The predicted octanol–water partition coefficient (Wildman–Crippen LogP) is 3.21. The first-order valence-corrected chi connectivity index (χ1v) is 6.98. The zero-order valence-electron chi connectivity index (χ0n) is 10.6. The van der Waals surface area contributed by atoms with Gasteiger partial charge in [0.15, 0.2) is 0 Å². The maximum absolute atomic E-state index is 11.9. The summed E-state index contributed by atoms with van der Waals surface area (Å²) >= 11 is 1.69. The molecule has 0 aliphatic carbocycles. The number of nitrogens with two attached hydrogens (primary N) is 1. The van der Waals surface area contributed by atoms with Crippen LogP contribution in [0.15, 0.2) is 29.6 Å². The van der Waals surface area contributed by atoms with Gasteiger partial charge in [-0.2, -0.15) is 0 Å². The molecule has 0 aliphatic heterocycles. The Hall–Kier alpha value is -1.39. The van der Waals surface area contributed by atoms with Crippen molar-refractivity contribution >= 4 is 33.0 Å². The minimum Gasteiger partial charge on any atom is -0.325 e. The summed E-state index contributed by atoms with van der Waals surface area (Å²) < 4.78 is 1.22. The molecule has 3 N–H and O–H groups in total. The van der Waals surface area contributed by atoms with Gasteiger partial charge >= 0.3 is 0 Å². The van der Waals surface area contributed by atoms with Gasteiger partial charge in [0, 0.05) is 10.4 Å². The molecule has 0 bridgehead atoms. The fraction of sp³-hybridized carbons (Fsp3) is 0.357. The number of thiophene rings is 1. The highest BCUT2D eigenvalue weighted by atomic mass is 32.1. The van der Waals surface area contributed by atoms with Crippen molar-refractivity contribution in [1.82, 2.24) is 0 Å². The summed E-state index contributed by atoms with van der Waals surface area (Å²) in [6.07, 6.45) is 0.701. The SMILES string of the molecule is CC(C)C[C@@H](N)C(=O)Nc1ccc2sccc2c1. The molecular weight excluding hydrogens is 244 g/mol. The van der Waals surface area contributed by atoms with E-state index in [0.29, 0.717) is 12.3 Å². The number of hydrogen-bond donors (Lipinski definition) is 2. The van der Waals surface area contributed by atoms with E-state index >= 15 is 0 Å². The van der Waals surface area contributed by atoms with Gasteiger partial charge in [-0.3, -0.25) is 4.79 Å². The molecule has 0 aliphatic rings. The number of rotatable bonds is 4. The third-order valence-electron chi connectivity index (χ3n) is 2.78. The standard InChI is InChI=1S/C14H18N2OS/c1-9(2)7-12(15)14(17)16-11-3-4-13-10(8-11)5-6-18-13/h3-6,8-9,12H,7,15H2,1-2H3,(H,16,17)/t12-/m1/s1. The minimum atomic E-state index is -0.442. The molecule has 3 nitrogen and oxygen atoms in total. The number of carbonyl (C=O) groups excluding carboxylic acids is 1. The molecule has 1 aromatic heterocycles. The first-order valence-electron chi connectivity index (χ1n) is 6.10. The molecule has 0 radical (unpaired) electrons. The molecule has 1 atom stereocenters. The third-order valence-corrected chi connectivity index (χ3v) is 3.68. The van der Waals surface area contributed by atoms with Gasteiger partial charge in [0.05, 0.1) is 6.04 Å². The van der Waals surface area contributed by atoms with E-state index in [9.17, 15) is 4.79 Å². The minimum absolute atomic E-state index is 0.113. The summed E-state index contributed by atoms with van der Waals surface area (Å²) in [5, 5.41) is 6.06. The van der Waals surface area contributed by atoms with Crippen molar-refractivity contribution in [2.24, 2.45) is 11.7 Å². The van der Waals surface area contributed by atoms with Crippen LogP contribution in [0.1, 0.15) is 20.3 Å². The zero-order chi connectivity index (χ0) is 13.1. The van der Waals surface area contributed by atoms with Crippen LogP contribution >= 0.6 is 11.3 Å². The average Bonchev–Trinajstić information content (AvgIpc) is 2.75. The summed E-state index contributed by atoms with van der Waals surface area (Å²) in [6.45, 7) is 4.12. The Labute approximate surface area is 111 Å². The summed E-state index contributed by atoms with van der Waals surface area (Å²) in [6, 6.07) is 7.51. The number of nitrogens with one attached hydrogen (secondary N) is 1. The molecule has 0 saturated heterocycles. The number of hydrogen-bond acceptors (Lipinski definition) is 3. The van der Waals surface area contributed by atoms with Crippen LogP contribution < -0.4 is 11.1 Å². The fourth-order valence-corrected chi connectivity index (χ4v) is 2.67. The number of fused-ring (bicyclic) bond motifs is 1. The summed E-state index contributed by atoms with van der Waals surface area (Å²) in [4.78, 5) is 11.9. The van der Waals surface area contributed by atoms with E-state index < -0.39 is 6.04 Å². The molecule has 4 heteroatoms. The molecular formula is C14H18N2OS. The topological polar surface area (TPSA) is 55.1 Å². The monoisotopic (exact) mass is 262 g/mol. The molecule has 1 heterocycles. The Morgan fingerprint density at radius 1 is 1.39 bits per heavy atom. The van der Waals surface area contributed by atoms with Gasteiger partial charge < -0.3 is 11.1 Å². The number of carbonyl (C=O) groups is 1. The van der Waals surface area contributed by atoms with Crippen LogP contribution in [0.5, 0.6) is 0 Å². The Kier molecular flexibility index (Phi) is 3.99. The molecule has 18 heavy (non-hydrogen) atoms. The molecule has 0 spiro atoms. The van der Waals surface area contributed by atoms with Crippen molar-refractivity contribution in [3.05, 3.63) is 29.6 Å². The lowest BCUT2D eigenvalue weighted by molar-refractivity contribution is -0.117. The van der Waals surface area contributed by atoms with Crippen LogP contribution in [0.4, 0.5) is 5.69 Å². The first-order chi connectivity index (χ1) is 8.56.